The van der Waals surface area contributed by atoms with Crippen LogP contribution in [0.4, 0.5) is 5.69 Å². The molecule has 0 radical (unpaired) electrons. The number of nitrogens with zero attached hydrogens (tertiary/aromatic N) is 2. The number of nitro groups is 1. The number of carboxylic acids is 1. The highest BCUT2D eigenvalue weighted by atomic mass is 16.6. The molecule has 0 saturated carbocycles. The van der Waals surface area contributed by atoms with Crippen molar-refractivity contribution in [3.05, 3.63) is 87.7 Å². The molecule has 0 unspecified atom stereocenters. The van der Waals surface area contributed by atoms with Gasteiger partial charge >= 0.3 is 5.97 Å². The Morgan fingerprint density at radius 1 is 1.11 bits per heavy atom. The smallest absolute Gasteiger partial charge is 0.335 e. The van der Waals surface area contributed by atoms with Crippen LogP contribution in [0.25, 0.3) is 23.0 Å². The number of benzene rings is 2. The van der Waals surface area contributed by atoms with Gasteiger partial charge in [-0.25, -0.2) is 4.79 Å². The van der Waals surface area contributed by atoms with Gasteiger partial charge in [-0.2, -0.15) is 5.26 Å². The van der Waals surface area contributed by atoms with Gasteiger partial charge in [-0.15, -0.1) is 0 Å². The third-order valence-corrected chi connectivity index (χ3v) is 3.82. The van der Waals surface area contributed by atoms with Crippen LogP contribution in [0.2, 0.25) is 0 Å². The third kappa shape index (κ3) is 3.91. The molecule has 3 rings (SSSR count). The number of aromatic carboxylic acids is 1. The zero-order chi connectivity index (χ0) is 19.4. The van der Waals surface area contributed by atoms with Gasteiger partial charge in [0.25, 0.3) is 5.69 Å². The van der Waals surface area contributed by atoms with E-state index in [1.165, 1.54) is 30.3 Å². The maximum atomic E-state index is 10.9. The van der Waals surface area contributed by atoms with Crippen molar-refractivity contribution in [3.63, 3.8) is 0 Å². The molecule has 1 N–H and O–H groups in total. The molecule has 1 heterocycles. The van der Waals surface area contributed by atoms with Gasteiger partial charge in [0.2, 0.25) is 0 Å². The Hall–Kier alpha value is -4.18. The van der Waals surface area contributed by atoms with Crippen molar-refractivity contribution in [2.24, 2.45) is 0 Å². The number of hydrogen-bond acceptors (Lipinski definition) is 5. The first-order chi connectivity index (χ1) is 13.0. The van der Waals surface area contributed by atoms with E-state index in [0.717, 1.165) is 0 Å². The van der Waals surface area contributed by atoms with Crippen molar-refractivity contribution < 1.29 is 19.2 Å². The van der Waals surface area contributed by atoms with E-state index >= 15 is 0 Å². The molecule has 2 aromatic carbocycles. The van der Waals surface area contributed by atoms with Gasteiger partial charge < -0.3 is 9.52 Å². The number of allylic oxidation sites excluding steroid dienone is 1. The Morgan fingerprint density at radius 2 is 1.81 bits per heavy atom. The predicted octanol–water partition coefficient (Wildman–Crippen LogP) is 4.62. The molecule has 0 bridgehead atoms. The molecule has 0 aliphatic rings. The van der Waals surface area contributed by atoms with Crippen molar-refractivity contribution in [2.45, 2.75) is 0 Å². The summed E-state index contributed by atoms with van der Waals surface area (Å²) in [5.41, 5.74) is 1.48. The average molecular weight is 360 g/mol. The van der Waals surface area contributed by atoms with E-state index in [1.807, 2.05) is 0 Å². The van der Waals surface area contributed by atoms with Gasteiger partial charge in [-0.1, -0.05) is 24.3 Å². The van der Waals surface area contributed by atoms with Crippen LogP contribution in [-0.4, -0.2) is 16.0 Å². The van der Waals surface area contributed by atoms with Gasteiger partial charge in [0, 0.05) is 17.7 Å². The molecule has 0 amide bonds. The lowest BCUT2D eigenvalue weighted by Gasteiger charge is -2.00. The molecule has 7 heteroatoms. The zero-order valence-electron chi connectivity index (χ0n) is 13.8. The van der Waals surface area contributed by atoms with E-state index < -0.39 is 10.9 Å². The van der Waals surface area contributed by atoms with Crippen LogP contribution in [0, 0.1) is 21.4 Å². The fraction of sp³-hybridized carbons (Fsp3) is 0. The van der Waals surface area contributed by atoms with Gasteiger partial charge in [0.15, 0.2) is 0 Å². The topological polar surface area (TPSA) is 117 Å². The molecule has 0 saturated heterocycles. The number of hydrogen-bond donors (Lipinski definition) is 1. The Labute approximate surface area is 153 Å². The minimum atomic E-state index is -1.04. The number of nitro benzene ring substituents is 1. The summed E-state index contributed by atoms with van der Waals surface area (Å²) < 4.78 is 5.68. The van der Waals surface area contributed by atoms with Crippen LogP contribution in [0.15, 0.2) is 65.1 Å². The molecular weight excluding hydrogens is 348 g/mol. The lowest BCUT2D eigenvalue weighted by atomic mass is 10.0. The summed E-state index contributed by atoms with van der Waals surface area (Å²) in [5, 5.41) is 29.2. The van der Waals surface area contributed by atoms with Crippen LogP contribution in [-0.2, 0) is 0 Å². The van der Waals surface area contributed by atoms with Crippen LogP contribution in [0.5, 0.6) is 0 Å². The Bertz CT molecular complexity index is 1090. The second-order valence-electron chi connectivity index (χ2n) is 5.56. The van der Waals surface area contributed by atoms with Crippen LogP contribution in [0.3, 0.4) is 0 Å². The molecule has 0 spiro atoms. The van der Waals surface area contributed by atoms with Crippen LogP contribution < -0.4 is 0 Å². The standard InChI is InChI=1S/C20H12N2O5/c21-12-16(13-4-6-14(7-5-13)20(23)24)11-18-8-9-19(27-18)15-2-1-3-17(10-15)22(25)26/h1-11H,(H,23,24). The highest BCUT2D eigenvalue weighted by Crippen LogP contribution is 2.27. The molecule has 0 fully saturated rings. The molecule has 7 nitrogen and oxygen atoms in total. The van der Waals surface area contributed by atoms with E-state index in [2.05, 4.69) is 6.07 Å². The van der Waals surface area contributed by atoms with E-state index in [4.69, 9.17) is 9.52 Å². The molecule has 132 valence electrons. The van der Waals surface area contributed by atoms with Gasteiger partial charge in [-0.3, -0.25) is 10.1 Å². The van der Waals surface area contributed by atoms with Crippen molar-refractivity contribution in [1.82, 2.24) is 0 Å². The minimum absolute atomic E-state index is 0.0442. The maximum Gasteiger partial charge on any atom is 0.335 e. The SMILES string of the molecule is N#CC(=Cc1ccc(-c2cccc([N+](=O)[O-])c2)o1)c1ccc(C(=O)O)cc1. The number of rotatable bonds is 5. The molecule has 1 aromatic heterocycles. The van der Waals surface area contributed by atoms with Crippen molar-refractivity contribution in [1.29, 1.82) is 5.26 Å². The van der Waals surface area contributed by atoms with Crippen LogP contribution in [0.1, 0.15) is 21.7 Å². The number of carboxylic acid groups (broad SMARTS) is 1. The number of carbonyl (C=O) groups is 1. The van der Waals surface area contributed by atoms with Crippen molar-refractivity contribution in [3.8, 4) is 17.4 Å². The largest absolute Gasteiger partial charge is 0.478 e. The summed E-state index contributed by atoms with van der Waals surface area (Å²) in [4.78, 5) is 21.3. The van der Waals surface area contributed by atoms with E-state index in [0.29, 0.717) is 28.2 Å². The quantitative estimate of drug-likeness (QED) is 0.403. The summed E-state index contributed by atoms with van der Waals surface area (Å²) >= 11 is 0. The molecule has 3 aromatic rings. The fourth-order valence-corrected chi connectivity index (χ4v) is 2.47. The lowest BCUT2D eigenvalue weighted by molar-refractivity contribution is -0.384. The second-order valence-corrected chi connectivity index (χ2v) is 5.56. The summed E-state index contributed by atoms with van der Waals surface area (Å²) in [6, 6.07) is 17.3. The molecule has 27 heavy (non-hydrogen) atoms. The van der Waals surface area contributed by atoms with E-state index in [9.17, 15) is 20.2 Å². The lowest BCUT2D eigenvalue weighted by Crippen LogP contribution is -1.95. The van der Waals surface area contributed by atoms with Crippen molar-refractivity contribution in [2.75, 3.05) is 0 Å². The molecular formula is C20H12N2O5. The maximum absolute atomic E-state index is 10.9. The monoisotopic (exact) mass is 360 g/mol. The summed E-state index contributed by atoms with van der Waals surface area (Å²) in [5.74, 6) is -0.212. The molecule has 0 atom stereocenters. The predicted molar refractivity (Wildman–Crippen MR) is 97.7 cm³/mol. The summed E-state index contributed by atoms with van der Waals surface area (Å²) in [7, 11) is 0. The Kier molecular flexibility index (Phi) is 4.82. The third-order valence-electron chi connectivity index (χ3n) is 3.82. The Balaban J connectivity index is 1.91. The highest BCUT2D eigenvalue weighted by Gasteiger charge is 2.11. The van der Waals surface area contributed by atoms with E-state index in [1.54, 1.807) is 36.4 Å². The van der Waals surface area contributed by atoms with Gasteiger partial charge in [0.1, 0.15) is 11.5 Å². The van der Waals surface area contributed by atoms with Crippen molar-refractivity contribution >= 4 is 23.3 Å². The first-order valence-electron chi connectivity index (χ1n) is 7.78. The average Bonchev–Trinajstić information content (AvgIpc) is 3.15. The Morgan fingerprint density at radius 3 is 2.44 bits per heavy atom. The van der Waals surface area contributed by atoms with Gasteiger partial charge in [-0.05, 0) is 35.9 Å². The highest BCUT2D eigenvalue weighted by molar-refractivity contribution is 5.91. The van der Waals surface area contributed by atoms with Gasteiger partial charge in [0.05, 0.1) is 22.1 Å². The number of non-ortho nitro benzene ring substituents is 1. The summed E-state index contributed by atoms with van der Waals surface area (Å²) in [6.07, 6.45) is 1.52. The second kappa shape index (κ2) is 7.37. The zero-order valence-corrected chi connectivity index (χ0v) is 13.8. The fourth-order valence-electron chi connectivity index (χ4n) is 2.47. The number of nitriles is 1. The molecule has 0 aliphatic carbocycles. The summed E-state index contributed by atoms with van der Waals surface area (Å²) in [6.45, 7) is 0. The van der Waals surface area contributed by atoms with Crippen LogP contribution >= 0.6 is 0 Å². The number of furan rings is 1. The van der Waals surface area contributed by atoms with E-state index in [-0.39, 0.29) is 11.3 Å². The first kappa shape index (κ1) is 17.6. The first-order valence-corrected chi connectivity index (χ1v) is 7.78. The molecule has 0 aliphatic heterocycles. The normalized spacial score (nSPS) is 11.0. The minimum Gasteiger partial charge on any atom is -0.478 e.